The van der Waals surface area contributed by atoms with Gasteiger partial charge in [0.05, 0.1) is 27.5 Å². The fourth-order valence-corrected chi connectivity index (χ4v) is 4.93. The molecule has 158 valence electrons. The van der Waals surface area contributed by atoms with Crippen LogP contribution in [0.4, 0.5) is 17.1 Å². The number of amidine groups is 1. The minimum atomic E-state index is -0.238. The molecule has 0 unspecified atom stereocenters. The number of aryl methyl sites for hydroxylation is 2. The number of hydrogen-bond acceptors (Lipinski definition) is 4. The van der Waals surface area contributed by atoms with Crippen LogP contribution in [-0.4, -0.2) is 24.0 Å². The van der Waals surface area contributed by atoms with Gasteiger partial charge in [-0.25, -0.2) is 4.99 Å². The molecular formula is C26H21N3O2S. The zero-order valence-corrected chi connectivity index (χ0v) is 18.8. The lowest BCUT2D eigenvalue weighted by molar-refractivity contribution is -0.115. The summed E-state index contributed by atoms with van der Waals surface area (Å²) in [4.78, 5) is 35.2. The second-order valence-electron chi connectivity index (χ2n) is 7.89. The van der Waals surface area contributed by atoms with Crippen LogP contribution in [0, 0.1) is 13.8 Å². The Balaban J connectivity index is 1.68. The van der Waals surface area contributed by atoms with Gasteiger partial charge in [-0.1, -0.05) is 53.6 Å². The predicted molar refractivity (Wildman–Crippen MR) is 131 cm³/mol. The second kappa shape index (κ2) is 7.80. The third kappa shape index (κ3) is 3.33. The highest BCUT2D eigenvalue weighted by atomic mass is 32.2. The minimum absolute atomic E-state index is 0.178. The molecule has 0 aliphatic carbocycles. The maximum Gasteiger partial charge on any atom is 0.272 e. The van der Waals surface area contributed by atoms with E-state index in [2.05, 4.69) is 0 Å². The highest BCUT2D eigenvalue weighted by Crippen LogP contribution is 2.45. The summed E-state index contributed by atoms with van der Waals surface area (Å²) in [5, 5.41) is 0.532. The number of carbonyl (C=O) groups excluding carboxylic acids is 2. The number of amides is 2. The summed E-state index contributed by atoms with van der Waals surface area (Å²) in [6.07, 6.45) is 0. The van der Waals surface area contributed by atoms with Crippen LogP contribution in [0.3, 0.4) is 0 Å². The van der Waals surface area contributed by atoms with Gasteiger partial charge in [-0.3, -0.25) is 14.5 Å². The molecule has 2 amide bonds. The van der Waals surface area contributed by atoms with Gasteiger partial charge in [-0.15, -0.1) is 0 Å². The second-order valence-corrected chi connectivity index (χ2v) is 8.87. The summed E-state index contributed by atoms with van der Waals surface area (Å²) in [6.45, 7) is 4.02. The van der Waals surface area contributed by atoms with E-state index >= 15 is 0 Å². The van der Waals surface area contributed by atoms with E-state index in [0.717, 1.165) is 33.8 Å². The Kier molecular flexibility index (Phi) is 4.94. The van der Waals surface area contributed by atoms with Crippen molar-refractivity contribution in [3.63, 3.8) is 0 Å². The number of fused-ring (bicyclic) bond motifs is 1. The standard InChI is InChI=1S/C26H21N3O2S/c1-16-8-12-18(13-9-16)27-26-29(19-14-10-17(2)11-15-19)25(31)23(32-26)22-20-6-4-5-7-21(20)28(3)24(22)30/h4-15H,1-3H3/b23-22+,27-26?. The van der Waals surface area contributed by atoms with Gasteiger partial charge < -0.3 is 4.90 Å². The van der Waals surface area contributed by atoms with Gasteiger partial charge >= 0.3 is 0 Å². The summed E-state index contributed by atoms with van der Waals surface area (Å²) >= 11 is 1.25. The van der Waals surface area contributed by atoms with E-state index in [9.17, 15) is 9.59 Å². The Hall–Kier alpha value is -3.64. The smallest absolute Gasteiger partial charge is 0.272 e. The van der Waals surface area contributed by atoms with Gasteiger partial charge in [0.2, 0.25) is 0 Å². The summed E-state index contributed by atoms with van der Waals surface area (Å²) in [6, 6.07) is 23.1. The van der Waals surface area contributed by atoms with E-state index in [4.69, 9.17) is 4.99 Å². The van der Waals surface area contributed by atoms with Crippen LogP contribution in [0.25, 0.3) is 5.57 Å². The van der Waals surface area contributed by atoms with Crippen molar-refractivity contribution in [1.29, 1.82) is 0 Å². The van der Waals surface area contributed by atoms with E-state index in [-0.39, 0.29) is 11.8 Å². The molecule has 0 radical (unpaired) electrons. The van der Waals surface area contributed by atoms with Crippen LogP contribution in [0.15, 0.2) is 82.7 Å². The molecule has 6 heteroatoms. The molecule has 32 heavy (non-hydrogen) atoms. The van der Waals surface area contributed by atoms with E-state index in [0.29, 0.717) is 15.6 Å². The van der Waals surface area contributed by atoms with Crippen molar-refractivity contribution in [2.24, 2.45) is 4.99 Å². The van der Waals surface area contributed by atoms with E-state index < -0.39 is 0 Å². The number of anilines is 2. The number of rotatable bonds is 2. The monoisotopic (exact) mass is 439 g/mol. The SMILES string of the molecule is Cc1ccc(N=C2S/C(=C3/C(=O)N(C)c4ccccc43)C(=O)N2c2ccc(C)cc2)cc1. The van der Waals surface area contributed by atoms with Crippen LogP contribution in [0.1, 0.15) is 16.7 Å². The lowest BCUT2D eigenvalue weighted by atomic mass is 10.1. The first-order valence-corrected chi connectivity index (χ1v) is 11.1. The molecule has 3 aromatic rings. The van der Waals surface area contributed by atoms with Gasteiger partial charge in [-0.05, 0) is 55.9 Å². The molecule has 2 aliphatic rings. The van der Waals surface area contributed by atoms with Crippen LogP contribution >= 0.6 is 11.8 Å². The van der Waals surface area contributed by atoms with E-state index in [1.807, 2.05) is 86.6 Å². The van der Waals surface area contributed by atoms with Gasteiger partial charge in [0.25, 0.3) is 11.8 Å². The van der Waals surface area contributed by atoms with Gasteiger partial charge in [0, 0.05) is 12.6 Å². The predicted octanol–water partition coefficient (Wildman–Crippen LogP) is 5.46. The Morgan fingerprint density at radius 1 is 0.781 bits per heavy atom. The summed E-state index contributed by atoms with van der Waals surface area (Å²) in [7, 11) is 1.73. The van der Waals surface area contributed by atoms with Gasteiger partial charge in [0.15, 0.2) is 5.17 Å². The van der Waals surface area contributed by atoms with Crippen LogP contribution < -0.4 is 9.80 Å². The topological polar surface area (TPSA) is 53.0 Å². The average Bonchev–Trinajstić information content (AvgIpc) is 3.24. The molecule has 3 aromatic carbocycles. The molecule has 0 atom stereocenters. The lowest BCUT2D eigenvalue weighted by Gasteiger charge is -2.16. The minimum Gasteiger partial charge on any atom is -0.311 e. The van der Waals surface area contributed by atoms with Crippen LogP contribution in [0.5, 0.6) is 0 Å². The van der Waals surface area contributed by atoms with Crippen molar-refractivity contribution in [1.82, 2.24) is 0 Å². The summed E-state index contributed by atoms with van der Waals surface area (Å²) in [5.41, 5.74) is 5.73. The molecule has 2 heterocycles. The van der Waals surface area contributed by atoms with Crippen LogP contribution in [0.2, 0.25) is 0 Å². The van der Waals surface area contributed by atoms with Crippen molar-refractivity contribution >= 4 is 51.4 Å². The third-order valence-electron chi connectivity index (χ3n) is 5.61. The van der Waals surface area contributed by atoms with Gasteiger partial charge in [0.1, 0.15) is 0 Å². The van der Waals surface area contributed by atoms with Crippen molar-refractivity contribution in [2.45, 2.75) is 13.8 Å². The third-order valence-corrected chi connectivity index (χ3v) is 6.65. The largest absolute Gasteiger partial charge is 0.311 e. The number of nitrogens with zero attached hydrogens (tertiary/aromatic N) is 3. The molecule has 0 N–H and O–H groups in total. The Labute approximate surface area is 191 Å². The van der Waals surface area contributed by atoms with E-state index in [1.165, 1.54) is 11.8 Å². The molecule has 5 rings (SSSR count). The molecule has 0 saturated carbocycles. The molecular weight excluding hydrogens is 418 g/mol. The Bertz CT molecular complexity index is 1310. The number of likely N-dealkylation sites (N-methyl/N-ethyl adjacent to an activating group) is 1. The number of para-hydroxylation sites is 1. The maximum absolute atomic E-state index is 13.7. The molecule has 0 aromatic heterocycles. The Morgan fingerprint density at radius 2 is 1.41 bits per heavy atom. The molecule has 0 spiro atoms. The fourth-order valence-electron chi connectivity index (χ4n) is 3.84. The average molecular weight is 440 g/mol. The zero-order valence-electron chi connectivity index (χ0n) is 18.0. The lowest BCUT2D eigenvalue weighted by Crippen LogP contribution is -2.29. The van der Waals surface area contributed by atoms with Crippen molar-refractivity contribution in [3.8, 4) is 0 Å². The first kappa shape index (κ1) is 20.3. The van der Waals surface area contributed by atoms with Crippen molar-refractivity contribution < 1.29 is 9.59 Å². The van der Waals surface area contributed by atoms with E-state index in [1.54, 1.807) is 16.8 Å². The summed E-state index contributed by atoms with van der Waals surface area (Å²) < 4.78 is 0. The number of benzene rings is 3. The number of aliphatic imine (C=N–C) groups is 1. The first-order valence-electron chi connectivity index (χ1n) is 10.3. The highest BCUT2D eigenvalue weighted by molar-refractivity contribution is 8.19. The molecule has 1 saturated heterocycles. The number of carbonyl (C=O) groups is 2. The number of hydrogen-bond donors (Lipinski definition) is 0. The first-order chi connectivity index (χ1) is 15.4. The Morgan fingerprint density at radius 3 is 2.09 bits per heavy atom. The summed E-state index contributed by atoms with van der Waals surface area (Å²) in [5.74, 6) is -0.416. The molecule has 2 aliphatic heterocycles. The number of thioether (sulfide) groups is 1. The van der Waals surface area contributed by atoms with Crippen LogP contribution in [-0.2, 0) is 9.59 Å². The van der Waals surface area contributed by atoms with Gasteiger partial charge in [-0.2, -0.15) is 0 Å². The highest BCUT2D eigenvalue weighted by Gasteiger charge is 2.42. The zero-order chi connectivity index (χ0) is 22.4. The van der Waals surface area contributed by atoms with Crippen molar-refractivity contribution in [3.05, 3.63) is 94.4 Å². The molecule has 0 bridgehead atoms. The normalized spacial score (nSPS) is 19.3. The fraction of sp³-hybridized carbons (Fsp3) is 0.115. The van der Waals surface area contributed by atoms with Crippen molar-refractivity contribution in [2.75, 3.05) is 16.8 Å². The quantitative estimate of drug-likeness (QED) is 0.498. The molecule has 5 nitrogen and oxygen atoms in total. The molecule has 1 fully saturated rings. The maximum atomic E-state index is 13.7.